The Bertz CT molecular complexity index is 855. The molecule has 0 saturated heterocycles. The van der Waals surface area contributed by atoms with Gasteiger partial charge >= 0.3 is 0 Å². The lowest BCUT2D eigenvalue weighted by Crippen LogP contribution is -2.38. The first-order valence-corrected chi connectivity index (χ1v) is 7.48. The van der Waals surface area contributed by atoms with Crippen LogP contribution in [0.3, 0.4) is 0 Å². The molecule has 3 heterocycles. The summed E-state index contributed by atoms with van der Waals surface area (Å²) in [6.45, 7) is 3.63. The van der Waals surface area contributed by atoms with Crippen molar-refractivity contribution in [2.24, 2.45) is 5.73 Å². The van der Waals surface area contributed by atoms with E-state index >= 15 is 0 Å². The molecule has 0 bridgehead atoms. The first-order valence-electron chi connectivity index (χ1n) is 7.48. The van der Waals surface area contributed by atoms with Crippen LogP contribution in [-0.4, -0.2) is 26.7 Å². The van der Waals surface area contributed by atoms with E-state index < -0.39 is 17.7 Å². The summed E-state index contributed by atoms with van der Waals surface area (Å²) in [5.41, 5.74) is 6.37. The summed E-state index contributed by atoms with van der Waals surface area (Å²) >= 11 is 0. The minimum absolute atomic E-state index is 0.0434. The van der Waals surface area contributed by atoms with Crippen molar-refractivity contribution in [3.63, 3.8) is 0 Å². The molecule has 0 aliphatic rings. The van der Waals surface area contributed by atoms with Crippen LogP contribution in [0.5, 0.6) is 5.75 Å². The van der Waals surface area contributed by atoms with Gasteiger partial charge in [-0.2, -0.15) is 0 Å². The van der Waals surface area contributed by atoms with E-state index in [1.54, 1.807) is 49.0 Å². The number of pyridine rings is 2. The highest BCUT2D eigenvalue weighted by Crippen LogP contribution is 2.29. The molecular formula is C17H18F2N4O. The predicted octanol–water partition coefficient (Wildman–Crippen LogP) is 3.47. The van der Waals surface area contributed by atoms with Crippen molar-refractivity contribution in [2.75, 3.05) is 6.61 Å². The van der Waals surface area contributed by atoms with Crippen LogP contribution in [0, 0.1) is 0 Å². The van der Waals surface area contributed by atoms with Crippen molar-refractivity contribution >= 4 is 11.0 Å². The van der Waals surface area contributed by atoms with Gasteiger partial charge in [-0.15, -0.1) is 0 Å². The third kappa shape index (κ3) is 3.35. The zero-order chi connectivity index (χ0) is 17.3. The molecule has 0 amide bonds. The summed E-state index contributed by atoms with van der Waals surface area (Å²) in [6.07, 6.45) is 0.676. The van der Waals surface area contributed by atoms with Crippen LogP contribution in [-0.2, 0) is 0 Å². The van der Waals surface area contributed by atoms with Crippen LogP contribution in [0.1, 0.15) is 26.0 Å². The number of aromatic nitrogens is 3. The standard InChI is InChI=1S/C17H18F2N4O/c1-17(2,20)10-24-13-5-6-14(22-15(13)16(18)19)23-9-7-11-12(23)4-3-8-21-11/h3-9,16H,10,20H2,1-2H3. The molecule has 7 heteroatoms. The van der Waals surface area contributed by atoms with Gasteiger partial charge in [0.25, 0.3) is 6.43 Å². The average molecular weight is 332 g/mol. The smallest absolute Gasteiger partial charge is 0.284 e. The topological polar surface area (TPSA) is 66.0 Å². The van der Waals surface area contributed by atoms with Crippen molar-refractivity contribution in [1.82, 2.24) is 14.5 Å². The number of nitrogens with two attached hydrogens (primary N) is 1. The van der Waals surface area contributed by atoms with Crippen LogP contribution in [0.2, 0.25) is 0 Å². The molecule has 0 unspecified atom stereocenters. The van der Waals surface area contributed by atoms with Crippen LogP contribution in [0.15, 0.2) is 42.7 Å². The van der Waals surface area contributed by atoms with Crippen molar-refractivity contribution in [3.8, 4) is 11.6 Å². The normalized spacial score (nSPS) is 12.1. The second-order valence-electron chi connectivity index (χ2n) is 6.22. The quantitative estimate of drug-likeness (QED) is 0.777. The number of halogens is 2. The number of nitrogens with zero attached hydrogens (tertiary/aromatic N) is 3. The molecule has 0 radical (unpaired) electrons. The zero-order valence-electron chi connectivity index (χ0n) is 13.4. The fraction of sp³-hybridized carbons (Fsp3) is 0.294. The molecule has 0 aliphatic heterocycles. The molecule has 0 fully saturated rings. The number of ether oxygens (including phenoxy) is 1. The summed E-state index contributed by atoms with van der Waals surface area (Å²) in [5.74, 6) is 0.425. The van der Waals surface area contributed by atoms with E-state index in [-0.39, 0.29) is 12.4 Å². The van der Waals surface area contributed by atoms with Gasteiger partial charge in [-0.05, 0) is 44.2 Å². The molecule has 0 aliphatic carbocycles. The fourth-order valence-electron chi connectivity index (χ4n) is 2.29. The van der Waals surface area contributed by atoms with E-state index in [0.29, 0.717) is 5.82 Å². The Morgan fingerprint density at radius 1 is 1.25 bits per heavy atom. The summed E-state index contributed by atoms with van der Waals surface area (Å²) in [6, 6.07) is 8.58. The van der Waals surface area contributed by atoms with E-state index in [2.05, 4.69) is 9.97 Å². The lowest BCUT2D eigenvalue weighted by molar-refractivity contribution is 0.136. The Balaban J connectivity index is 2.00. The average Bonchev–Trinajstić information content (AvgIpc) is 2.96. The first-order chi connectivity index (χ1) is 11.3. The van der Waals surface area contributed by atoms with E-state index in [1.807, 2.05) is 6.07 Å². The number of alkyl halides is 2. The van der Waals surface area contributed by atoms with Crippen LogP contribution < -0.4 is 10.5 Å². The van der Waals surface area contributed by atoms with E-state index in [1.165, 1.54) is 6.07 Å². The van der Waals surface area contributed by atoms with Gasteiger partial charge in [0.15, 0.2) is 5.69 Å². The SMILES string of the molecule is CC(C)(N)COc1ccc(-n2ccc3ncccc32)nc1C(F)F. The van der Waals surface area contributed by atoms with Gasteiger partial charge in [-0.3, -0.25) is 9.55 Å². The third-order valence-electron chi connectivity index (χ3n) is 3.38. The fourth-order valence-corrected chi connectivity index (χ4v) is 2.29. The molecule has 3 rings (SSSR count). The minimum atomic E-state index is -2.75. The molecule has 126 valence electrons. The van der Waals surface area contributed by atoms with Crippen molar-refractivity contribution < 1.29 is 13.5 Å². The molecule has 3 aromatic rings. The first kappa shape index (κ1) is 16.3. The number of hydrogen-bond donors (Lipinski definition) is 1. The zero-order valence-corrected chi connectivity index (χ0v) is 13.4. The number of rotatable bonds is 5. The largest absolute Gasteiger partial charge is 0.490 e. The summed E-state index contributed by atoms with van der Waals surface area (Å²) in [7, 11) is 0. The van der Waals surface area contributed by atoms with Crippen molar-refractivity contribution in [3.05, 3.63) is 48.4 Å². The highest BCUT2D eigenvalue weighted by molar-refractivity contribution is 5.77. The molecule has 5 nitrogen and oxygen atoms in total. The highest BCUT2D eigenvalue weighted by atomic mass is 19.3. The van der Waals surface area contributed by atoms with Crippen molar-refractivity contribution in [2.45, 2.75) is 25.8 Å². The maximum Gasteiger partial charge on any atom is 0.284 e. The Kier molecular flexibility index (Phi) is 4.19. The van der Waals surface area contributed by atoms with Gasteiger partial charge < -0.3 is 10.5 Å². The van der Waals surface area contributed by atoms with E-state index in [0.717, 1.165) is 11.0 Å². The molecule has 0 spiro atoms. The van der Waals surface area contributed by atoms with Gasteiger partial charge in [0.05, 0.1) is 11.0 Å². The van der Waals surface area contributed by atoms with Gasteiger partial charge in [0.2, 0.25) is 0 Å². The maximum atomic E-state index is 13.4. The second-order valence-corrected chi connectivity index (χ2v) is 6.22. The van der Waals surface area contributed by atoms with Crippen molar-refractivity contribution in [1.29, 1.82) is 0 Å². The van der Waals surface area contributed by atoms with E-state index in [4.69, 9.17) is 10.5 Å². The molecule has 24 heavy (non-hydrogen) atoms. The molecule has 0 saturated carbocycles. The van der Waals surface area contributed by atoms with E-state index in [9.17, 15) is 8.78 Å². The summed E-state index contributed by atoms with van der Waals surface area (Å²) in [4.78, 5) is 8.31. The molecule has 3 aromatic heterocycles. The van der Waals surface area contributed by atoms with Crippen LogP contribution in [0.25, 0.3) is 16.9 Å². The summed E-state index contributed by atoms with van der Waals surface area (Å²) < 4.78 is 33.9. The monoisotopic (exact) mass is 332 g/mol. The number of hydrogen-bond acceptors (Lipinski definition) is 4. The van der Waals surface area contributed by atoms with Gasteiger partial charge in [-0.1, -0.05) is 0 Å². The molecular weight excluding hydrogens is 314 g/mol. The Hall–Kier alpha value is -2.54. The van der Waals surface area contributed by atoms with Crippen LogP contribution in [0.4, 0.5) is 8.78 Å². The second kappa shape index (κ2) is 6.16. The van der Waals surface area contributed by atoms with Gasteiger partial charge in [-0.25, -0.2) is 13.8 Å². The van der Waals surface area contributed by atoms with Gasteiger partial charge in [0.1, 0.15) is 18.2 Å². The van der Waals surface area contributed by atoms with Crippen LogP contribution >= 0.6 is 0 Å². The summed E-state index contributed by atoms with van der Waals surface area (Å²) in [5, 5.41) is 0. The lowest BCUT2D eigenvalue weighted by Gasteiger charge is -2.20. The molecule has 2 N–H and O–H groups in total. The lowest BCUT2D eigenvalue weighted by atomic mass is 10.1. The predicted molar refractivity (Wildman–Crippen MR) is 87.6 cm³/mol. The third-order valence-corrected chi connectivity index (χ3v) is 3.38. The molecule has 0 atom stereocenters. The Morgan fingerprint density at radius 3 is 2.75 bits per heavy atom. The van der Waals surface area contributed by atoms with Gasteiger partial charge in [0, 0.05) is 17.9 Å². The molecule has 0 aromatic carbocycles. The highest BCUT2D eigenvalue weighted by Gasteiger charge is 2.20. The Morgan fingerprint density at radius 2 is 2.04 bits per heavy atom. The Labute approximate surface area is 138 Å². The maximum absolute atomic E-state index is 13.4. The minimum Gasteiger partial charge on any atom is -0.490 e. The number of fused-ring (bicyclic) bond motifs is 1.